The molecule has 4 aromatic rings. The summed E-state index contributed by atoms with van der Waals surface area (Å²) in [7, 11) is -3.16. The Bertz CT molecular complexity index is 1610. The summed E-state index contributed by atoms with van der Waals surface area (Å²) in [4.78, 5) is 11.4. The number of aryl methyl sites for hydroxylation is 2. The molecule has 0 spiro atoms. The van der Waals surface area contributed by atoms with Gasteiger partial charge in [0.15, 0.2) is 9.84 Å². The van der Waals surface area contributed by atoms with Crippen LogP contribution in [0.2, 0.25) is 0 Å². The maximum atomic E-state index is 12.4. The van der Waals surface area contributed by atoms with Gasteiger partial charge in [-0.25, -0.2) is 18.8 Å². The lowest BCUT2D eigenvalue weighted by Gasteiger charge is -2.31. The number of aromatic nitrogens is 3. The Kier molecular flexibility index (Phi) is 6.59. The summed E-state index contributed by atoms with van der Waals surface area (Å²) in [5.74, 6) is 1.10. The van der Waals surface area contributed by atoms with E-state index in [-0.39, 0.29) is 11.5 Å². The number of hydrogen-bond donors (Lipinski definition) is 1. The van der Waals surface area contributed by atoms with Gasteiger partial charge < -0.3 is 14.2 Å². The third-order valence-electron chi connectivity index (χ3n) is 7.06. The van der Waals surface area contributed by atoms with Gasteiger partial charge in [0.25, 0.3) is 0 Å². The molecule has 0 unspecified atom stereocenters. The number of sulfone groups is 1. The molecule has 0 aliphatic carbocycles. The Morgan fingerprint density at radius 3 is 2.68 bits per heavy atom. The summed E-state index contributed by atoms with van der Waals surface area (Å²) >= 11 is 0. The molecule has 0 radical (unpaired) electrons. The Morgan fingerprint density at radius 2 is 1.87 bits per heavy atom. The fourth-order valence-corrected chi connectivity index (χ4v) is 6.45. The van der Waals surface area contributed by atoms with Gasteiger partial charge in [0.05, 0.1) is 36.6 Å². The third kappa shape index (κ3) is 5.14. The molecule has 6 rings (SSSR count). The molecular weight excluding hydrogens is 500 g/mol. The van der Waals surface area contributed by atoms with Crippen molar-refractivity contribution >= 4 is 38.7 Å². The van der Waals surface area contributed by atoms with Crippen molar-refractivity contribution in [1.82, 2.24) is 14.5 Å². The van der Waals surface area contributed by atoms with E-state index < -0.39 is 9.84 Å². The second-order valence-corrected chi connectivity index (χ2v) is 12.0. The molecule has 10 heteroatoms. The third-order valence-corrected chi connectivity index (χ3v) is 8.61. The second-order valence-electron chi connectivity index (χ2n) is 9.82. The van der Waals surface area contributed by atoms with E-state index in [1.54, 1.807) is 6.21 Å². The van der Waals surface area contributed by atoms with E-state index in [1.165, 1.54) is 11.1 Å². The summed E-state index contributed by atoms with van der Waals surface area (Å²) in [6.07, 6.45) is 4.27. The average Bonchev–Trinajstić information content (AvgIpc) is 3.27. The van der Waals surface area contributed by atoms with Crippen LogP contribution >= 0.6 is 0 Å². The Labute approximate surface area is 222 Å². The molecule has 2 aliphatic rings. The SMILES string of the molecule is Cc1ccc(Cn2cc(/C=N/Nc3nc4c(c(N5CCOCC5)n3)CS(=O)(=O)CC4)c3ccccc32)cc1. The quantitative estimate of drug-likeness (QED) is 0.301. The molecule has 38 heavy (non-hydrogen) atoms. The largest absolute Gasteiger partial charge is 0.378 e. The van der Waals surface area contributed by atoms with Gasteiger partial charge in [-0.3, -0.25) is 0 Å². The molecule has 4 heterocycles. The minimum atomic E-state index is -3.16. The minimum absolute atomic E-state index is 0.0287. The Morgan fingerprint density at radius 1 is 1.08 bits per heavy atom. The predicted molar refractivity (Wildman–Crippen MR) is 150 cm³/mol. The minimum Gasteiger partial charge on any atom is -0.378 e. The molecular formula is C28H30N6O3S. The molecule has 0 bridgehead atoms. The standard InChI is InChI=1S/C28H30N6O3S/c1-20-6-8-21(9-7-20)17-34-18-22(23-4-2-3-5-26(23)34)16-29-32-28-30-25-10-15-38(35,36)19-24(25)27(31-28)33-11-13-37-14-12-33/h2-9,16,18H,10-15,17,19H2,1H3,(H,30,31,32)/b29-16+. The van der Waals surface area contributed by atoms with Crippen molar-refractivity contribution in [3.8, 4) is 0 Å². The lowest BCUT2D eigenvalue weighted by atomic mass is 10.1. The fraction of sp³-hybridized carbons (Fsp3) is 0.321. The first kappa shape index (κ1) is 24.6. The number of hydrazone groups is 1. The van der Waals surface area contributed by atoms with Crippen molar-refractivity contribution in [2.45, 2.75) is 25.6 Å². The first-order valence-corrected chi connectivity index (χ1v) is 14.6. The van der Waals surface area contributed by atoms with Gasteiger partial charge in [-0.2, -0.15) is 10.1 Å². The average molecular weight is 531 g/mol. The van der Waals surface area contributed by atoms with Gasteiger partial charge in [-0.15, -0.1) is 0 Å². The summed E-state index contributed by atoms with van der Waals surface area (Å²) < 4.78 is 32.4. The van der Waals surface area contributed by atoms with E-state index in [2.05, 4.69) is 74.5 Å². The first-order valence-electron chi connectivity index (χ1n) is 12.8. The summed E-state index contributed by atoms with van der Waals surface area (Å²) in [6.45, 7) is 5.34. The van der Waals surface area contributed by atoms with Crippen LogP contribution in [0, 0.1) is 6.92 Å². The van der Waals surface area contributed by atoms with Gasteiger partial charge >= 0.3 is 0 Å². The van der Waals surface area contributed by atoms with Crippen LogP contribution in [-0.4, -0.2) is 61.2 Å². The highest BCUT2D eigenvalue weighted by Crippen LogP contribution is 2.30. The molecule has 1 N–H and O–H groups in total. The van der Waals surface area contributed by atoms with Crippen LogP contribution in [0.1, 0.15) is 27.9 Å². The van der Waals surface area contributed by atoms with Crippen molar-refractivity contribution < 1.29 is 13.2 Å². The van der Waals surface area contributed by atoms with Gasteiger partial charge in [0.2, 0.25) is 5.95 Å². The van der Waals surface area contributed by atoms with Crippen LogP contribution in [0.15, 0.2) is 59.8 Å². The van der Waals surface area contributed by atoms with Gasteiger partial charge in [0, 0.05) is 54.3 Å². The number of anilines is 2. The van der Waals surface area contributed by atoms with Crippen molar-refractivity contribution in [2.24, 2.45) is 5.10 Å². The Balaban J connectivity index is 1.28. The van der Waals surface area contributed by atoms with Crippen molar-refractivity contribution in [3.05, 3.63) is 82.7 Å². The van der Waals surface area contributed by atoms with E-state index in [0.717, 1.165) is 28.7 Å². The molecule has 0 saturated carbocycles. The van der Waals surface area contributed by atoms with Gasteiger partial charge in [0.1, 0.15) is 5.82 Å². The number of rotatable bonds is 6. The van der Waals surface area contributed by atoms with Crippen LogP contribution in [-0.2, 0) is 33.3 Å². The zero-order valence-electron chi connectivity index (χ0n) is 21.3. The molecule has 2 aliphatic heterocycles. The molecule has 196 valence electrons. The highest BCUT2D eigenvalue weighted by atomic mass is 32.2. The smallest absolute Gasteiger partial charge is 0.245 e. The van der Waals surface area contributed by atoms with Crippen LogP contribution in [0.3, 0.4) is 0 Å². The maximum absolute atomic E-state index is 12.4. The van der Waals surface area contributed by atoms with Crippen molar-refractivity contribution in [2.75, 3.05) is 42.4 Å². The summed E-state index contributed by atoms with van der Waals surface area (Å²) in [5.41, 5.74) is 9.07. The first-order chi connectivity index (χ1) is 18.4. The monoisotopic (exact) mass is 530 g/mol. The lowest BCUT2D eigenvalue weighted by molar-refractivity contribution is 0.122. The highest BCUT2D eigenvalue weighted by Gasteiger charge is 2.29. The van der Waals surface area contributed by atoms with Gasteiger partial charge in [-0.05, 0) is 18.6 Å². The number of nitrogens with one attached hydrogen (secondary N) is 1. The van der Waals surface area contributed by atoms with E-state index in [9.17, 15) is 8.42 Å². The number of benzene rings is 2. The van der Waals surface area contributed by atoms with Gasteiger partial charge in [-0.1, -0.05) is 48.0 Å². The van der Waals surface area contributed by atoms with E-state index in [1.807, 2.05) is 12.1 Å². The van der Waals surface area contributed by atoms with E-state index in [4.69, 9.17) is 9.72 Å². The number of morpholine rings is 1. The number of nitrogens with zero attached hydrogens (tertiary/aromatic N) is 5. The Hall–Kier alpha value is -3.76. The zero-order chi connectivity index (χ0) is 26.1. The molecule has 2 aromatic heterocycles. The molecule has 0 amide bonds. The van der Waals surface area contributed by atoms with Crippen molar-refractivity contribution in [3.63, 3.8) is 0 Å². The molecule has 2 aromatic carbocycles. The van der Waals surface area contributed by atoms with Crippen LogP contribution < -0.4 is 10.3 Å². The molecule has 0 atom stereocenters. The molecule has 1 saturated heterocycles. The second kappa shape index (κ2) is 10.2. The zero-order valence-corrected chi connectivity index (χ0v) is 22.1. The highest BCUT2D eigenvalue weighted by molar-refractivity contribution is 7.90. The topological polar surface area (TPSA) is 102 Å². The lowest BCUT2D eigenvalue weighted by Crippen LogP contribution is -2.38. The molecule has 9 nitrogen and oxygen atoms in total. The number of para-hydroxylation sites is 1. The fourth-order valence-electron chi connectivity index (χ4n) is 5.06. The number of hydrogen-bond acceptors (Lipinski definition) is 8. The maximum Gasteiger partial charge on any atom is 0.245 e. The normalized spacial score (nSPS) is 17.1. The number of ether oxygens (including phenoxy) is 1. The van der Waals surface area contributed by atoms with Crippen LogP contribution in [0.5, 0.6) is 0 Å². The van der Waals surface area contributed by atoms with E-state index >= 15 is 0 Å². The van der Waals surface area contributed by atoms with Crippen LogP contribution in [0.25, 0.3) is 10.9 Å². The van der Waals surface area contributed by atoms with Crippen LogP contribution in [0.4, 0.5) is 11.8 Å². The van der Waals surface area contributed by atoms with Crippen molar-refractivity contribution in [1.29, 1.82) is 0 Å². The number of fused-ring (bicyclic) bond motifs is 2. The molecule has 1 fully saturated rings. The summed E-state index contributed by atoms with van der Waals surface area (Å²) in [6, 6.07) is 16.9. The summed E-state index contributed by atoms with van der Waals surface area (Å²) in [5, 5.41) is 5.59. The van der Waals surface area contributed by atoms with E-state index in [0.29, 0.717) is 50.1 Å². The predicted octanol–water partition coefficient (Wildman–Crippen LogP) is 3.54.